The Morgan fingerprint density at radius 1 is 1.53 bits per heavy atom. The predicted molar refractivity (Wildman–Crippen MR) is 56.3 cm³/mol. The van der Waals surface area contributed by atoms with Crippen LogP contribution in [0.15, 0.2) is 18.2 Å². The minimum Gasteiger partial charge on any atom is -0.493 e. The summed E-state index contributed by atoms with van der Waals surface area (Å²) in [7, 11) is 1.38. The molecule has 1 aliphatic heterocycles. The van der Waals surface area contributed by atoms with Gasteiger partial charge in [0.2, 0.25) is 0 Å². The molecular weight excluding hydrogens is 192 g/mol. The lowest BCUT2D eigenvalue weighted by Crippen LogP contribution is -2.13. The highest BCUT2D eigenvalue weighted by atomic mass is 16.5. The molecule has 0 amide bonds. The quantitative estimate of drug-likeness (QED) is 0.662. The molecule has 0 bridgehead atoms. The van der Waals surface area contributed by atoms with Crippen LogP contribution in [0.4, 0.5) is 0 Å². The van der Waals surface area contributed by atoms with E-state index in [1.54, 1.807) is 12.1 Å². The Labute approximate surface area is 89.0 Å². The first-order valence-electron chi connectivity index (χ1n) is 5.07. The SMILES string of the molecule is COC(=O)c1ccc2c(c1)OCCC2C. The van der Waals surface area contributed by atoms with Gasteiger partial charge < -0.3 is 9.47 Å². The van der Waals surface area contributed by atoms with Crippen molar-refractivity contribution in [3.8, 4) is 5.75 Å². The van der Waals surface area contributed by atoms with Crippen molar-refractivity contribution in [3.63, 3.8) is 0 Å². The molecule has 0 saturated carbocycles. The van der Waals surface area contributed by atoms with Crippen molar-refractivity contribution in [1.29, 1.82) is 0 Å². The minimum atomic E-state index is -0.320. The third-order valence-corrected chi connectivity index (χ3v) is 2.77. The van der Waals surface area contributed by atoms with Crippen LogP contribution in [0.5, 0.6) is 5.75 Å². The average Bonchev–Trinajstić information content (AvgIpc) is 2.28. The molecule has 1 aliphatic rings. The molecule has 1 heterocycles. The molecule has 1 unspecified atom stereocenters. The Bertz CT molecular complexity index is 384. The molecule has 3 nitrogen and oxygen atoms in total. The standard InChI is InChI=1S/C12H14O3/c1-8-5-6-15-11-7-9(12(13)14-2)3-4-10(8)11/h3-4,7-8H,5-6H2,1-2H3. The maximum atomic E-state index is 11.3. The Morgan fingerprint density at radius 2 is 2.33 bits per heavy atom. The van der Waals surface area contributed by atoms with Gasteiger partial charge in [0, 0.05) is 0 Å². The third-order valence-electron chi connectivity index (χ3n) is 2.77. The number of esters is 1. The first-order valence-corrected chi connectivity index (χ1v) is 5.07. The van der Waals surface area contributed by atoms with Gasteiger partial charge in [0.05, 0.1) is 19.3 Å². The van der Waals surface area contributed by atoms with Gasteiger partial charge in [0.1, 0.15) is 5.75 Å². The van der Waals surface area contributed by atoms with Gasteiger partial charge in [0.15, 0.2) is 0 Å². The van der Waals surface area contributed by atoms with Crippen molar-refractivity contribution in [2.75, 3.05) is 13.7 Å². The summed E-state index contributed by atoms with van der Waals surface area (Å²) < 4.78 is 10.2. The van der Waals surface area contributed by atoms with E-state index in [9.17, 15) is 4.79 Å². The number of carbonyl (C=O) groups excluding carboxylic acids is 1. The molecule has 0 saturated heterocycles. The highest BCUT2D eigenvalue weighted by Crippen LogP contribution is 2.33. The van der Waals surface area contributed by atoms with Gasteiger partial charge in [-0.05, 0) is 30.0 Å². The number of rotatable bonds is 1. The van der Waals surface area contributed by atoms with Crippen molar-refractivity contribution in [3.05, 3.63) is 29.3 Å². The topological polar surface area (TPSA) is 35.5 Å². The molecule has 0 aliphatic carbocycles. The number of benzene rings is 1. The maximum absolute atomic E-state index is 11.3. The molecule has 0 radical (unpaired) electrons. The maximum Gasteiger partial charge on any atom is 0.337 e. The van der Waals surface area contributed by atoms with E-state index in [4.69, 9.17) is 4.74 Å². The number of hydrogen-bond donors (Lipinski definition) is 0. The number of carbonyl (C=O) groups is 1. The monoisotopic (exact) mass is 206 g/mol. The molecule has 2 rings (SSSR count). The fourth-order valence-corrected chi connectivity index (χ4v) is 1.81. The summed E-state index contributed by atoms with van der Waals surface area (Å²) in [6, 6.07) is 5.50. The highest BCUT2D eigenvalue weighted by molar-refractivity contribution is 5.90. The number of ether oxygens (including phenoxy) is 2. The molecule has 0 N–H and O–H groups in total. The van der Waals surface area contributed by atoms with Gasteiger partial charge >= 0.3 is 5.97 Å². The van der Waals surface area contributed by atoms with E-state index >= 15 is 0 Å². The summed E-state index contributed by atoms with van der Waals surface area (Å²) in [5.74, 6) is 0.997. The van der Waals surface area contributed by atoms with Gasteiger partial charge in [-0.3, -0.25) is 0 Å². The van der Waals surface area contributed by atoms with Crippen molar-refractivity contribution in [2.45, 2.75) is 19.3 Å². The van der Waals surface area contributed by atoms with E-state index in [-0.39, 0.29) is 5.97 Å². The number of hydrogen-bond acceptors (Lipinski definition) is 3. The second-order valence-electron chi connectivity index (χ2n) is 3.78. The largest absolute Gasteiger partial charge is 0.493 e. The first-order chi connectivity index (χ1) is 7.22. The zero-order valence-corrected chi connectivity index (χ0v) is 8.95. The van der Waals surface area contributed by atoms with Gasteiger partial charge in [-0.25, -0.2) is 4.79 Å². The van der Waals surface area contributed by atoms with Gasteiger partial charge in [-0.2, -0.15) is 0 Å². The Balaban J connectivity index is 2.37. The Hall–Kier alpha value is -1.51. The van der Waals surface area contributed by atoms with Crippen LogP contribution in [0, 0.1) is 0 Å². The third kappa shape index (κ3) is 1.82. The van der Waals surface area contributed by atoms with E-state index in [1.807, 2.05) is 6.07 Å². The lowest BCUT2D eigenvalue weighted by Gasteiger charge is -2.23. The van der Waals surface area contributed by atoms with Crippen LogP contribution in [-0.2, 0) is 4.74 Å². The van der Waals surface area contributed by atoms with Crippen molar-refractivity contribution < 1.29 is 14.3 Å². The molecule has 1 atom stereocenters. The van der Waals surface area contributed by atoms with E-state index < -0.39 is 0 Å². The second kappa shape index (κ2) is 3.93. The molecule has 0 aromatic heterocycles. The molecular formula is C12H14O3. The first kappa shape index (κ1) is 10.0. The average molecular weight is 206 g/mol. The predicted octanol–water partition coefficient (Wildman–Crippen LogP) is 2.36. The summed E-state index contributed by atoms with van der Waals surface area (Å²) in [4.78, 5) is 11.3. The van der Waals surface area contributed by atoms with Crippen LogP contribution in [0.2, 0.25) is 0 Å². The fraction of sp³-hybridized carbons (Fsp3) is 0.417. The smallest absolute Gasteiger partial charge is 0.337 e. The summed E-state index contributed by atoms with van der Waals surface area (Å²) in [6.45, 7) is 2.89. The zero-order valence-electron chi connectivity index (χ0n) is 8.95. The lowest BCUT2D eigenvalue weighted by atomic mass is 9.94. The van der Waals surface area contributed by atoms with E-state index in [0.717, 1.165) is 18.8 Å². The lowest BCUT2D eigenvalue weighted by molar-refractivity contribution is 0.0600. The van der Waals surface area contributed by atoms with Gasteiger partial charge in [-0.1, -0.05) is 13.0 Å². The molecule has 1 aromatic carbocycles. The molecule has 1 aromatic rings. The Morgan fingerprint density at radius 3 is 3.07 bits per heavy atom. The molecule has 0 fully saturated rings. The zero-order chi connectivity index (χ0) is 10.8. The van der Waals surface area contributed by atoms with Gasteiger partial charge in [-0.15, -0.1) is 0 Å². The minimum absolute atomic E-state index is 0.320. The highest BCUT2D eigenvalue weighted by Gasteiger charge is 2.19. The van der Waals surface area contributed by atoms with E-state index in [1.165, 1.54) is 12.7 Å². The normalized spacial score (nSPS) is 18.9. The van der Waals surface area contributed by atoms with Crippen LogP contribution >= 0.6 is 0 Å². The van der Waals surface area contributed by atoms with Crippen LogP contribution in [-0.4, -0.2) is 19.7 Å². The van der Waals surface area contributed by atoms with Gasteiger partial charge in [0.25, 0.3) is 0 Å². The summed E-state index contributed by atoms with van der Waals surface area (Å²) in [6.07, 6.45) is 1.03. The summed E-state index contributed by atoms with van der Waals surface area (Å²) in [5, 5.41) is 0. The fourth-order valence-electron chi connectivity index (χ4n) is 1.81. The van der Waals surface area contributed by atoms with Crippen molar-refractivity contribution in [2.24, 2.45) is 0 Å². The Kier molecular flexibility index (Phi) is 2.62. The summed E-state index contributed by atoms with van der Waals surface area (Å²) in [5.41, 5.74) is 1.72. The van der Waals surface area contributed by atoms with Crippen LogP contribution < -0.4 is 4.74 Å². The molecule has 15 heavy (non-hydrogen) atoms. The summed E-state index contributed by atoms with van der Waals surface area (Å²) >= 11 is 0. The van der Waals surface area contributed by atoms with Crippen LogP contribution in [0.1, 0.15) is 35.2 Å². The number of methoxy groups -OCH3 is 1. The van der Waals surface area contributed by atoms with E-state index in [0.29, 0.717) is 11.5 Å². The van der Waals surface area contributed by atoms with Crippen molar-refractivity contribution in [1.82, 2.24) is 0 Å². The van der Waals surface area contributed by atoms with Crippen molar-refractivity contribution >= 4 is 5.97 Å². The van der Waals surface area contributed by atoms with E-state index in [2.05, 4.69) is 11.7 Å². The molecule has 80 valence electrons. The second-order valence-corrected chi connectivity index (χ2v) is 3.78. The molecule has 0 spiro atoms. The molecule has 3 heteroatoms. The van der Waals surface area contributed by atoms with Crippen LogP contribution in [0.25, 0.3) is 0 Å². The number of fused-ring (bicyclic) bond motifs is 1. The van der Waals surface area contributed by atoms with Crippen LogP contribution in [0.3, 0.4) is 0 Å².